The molecule has 0 spiro atoms. The van der Waals surface area contributed by atoms with E-state index in [-0.39, 0.29) is 18.3 Å². The summed E-state index contributed by atoms with van der Waals surface area (Å²) in [5.41, 5.74) is 4.07. The first-order valence-electron chi connectivity index (χ1n) is 10.2. The standard InChI is InChI=1S/C25H22N2O3S2/c1-3-30-25(29)23-19(17-9-5-4-6-10-17)14-32-24(23)27-21(28)15-31-22-13-16(2)18-11-7-8-12-20(18)26-22/h4-14H,3,15H2,1-2H3,(H,27,28). The van der Waals surface area contributed by atoms with Gasteiger partial charge in [-0.25, -0.2) is 9.78 Å². The van der Waals surface area contributed by atoms with Crippen LogP contribution >= 0.6 is 23.1 Å². The fraction of sp³-hybridized carbons (Fsp3) is 0.160. The van der Waals surface area contributed by atoms with Gasteiger partial charge < -0.3 is 10.1 Å². The van der Waals surface area contributed by atoms with E-state index in [0.29, 0.717) is 10.6 Å². The number of nitrogens with one attached hydrogen (secondary N) is 1. The third-order valence-corrected chi connectivity index (χ3v) is 6.67. The molecule has 5 nitrogen and oxygen atoms in total. The highest BCUT2D eigenvalue weighted by Gasteiger charge is 2.22. The summed E-state index contributed by atoms with van der Waals surface area (Å²) in [6, 6.07) is 19.5. The number of nitrogens with zero attached hydrogens (tertiary/aromatic N) is 1. The average Bonchev–Trinajstić information content (AvgIpc) is 3.22. The third-order valence-electron chi connectivity index (χ3n) is 4.86. The molecule has 4 aromatic rings. The number of para-hydroxylation sites is 1. The second-order valence-electron chi connectivity index (χ2n) is 7.07. The van der Waals surface area contributed by atoms with Crippen LogP contribution in [0.5, 0.6) is 0 Å². The molecule has 2 aromatic carbocycles. The summed E-state index contributed by atoms with van der Waals surface area (Å²) in [6.07, 6.45) is 0. The predicted molar refractivity (Wildman–Crippen MR) is 132 cm³/mol. The van der Waals surface area contributed by atoms with Gasteiger partial charge in [-0.05, 0) is 37.1 Å². The molecule has 4 rings (SSSR count). The van der Waals surface area contributed by atoms with Crippen LogP contribution in [0.3, 0.4) is 0 Å². The Balaban J connectivity index is 1.52. The van der Waals surface area contributed by atoms with Crippen molar-refractivity contribution in [3.8, 4) is 11.1 Å². The summed E-state index contributed by atoms with van der Waals surface area (Å²) in [6.45, 7) is 4.07. The average molecular weight is 463 g/mol. The smallest absolute Gasteiger partial charge is 0.341 e. The summed E-state index contributed by atoms with van der Waals surface area (Å²) in [5.74, 6) is -0.456. The molecular weight excluding hydrogens is 440 g/mol. The maximum Gasteiger partial charge on any atom is 0.341 e. The molecular formula is C25H22N2O3S2. The second kappa shape index (κ2) is 9.97. The lowest BCUT2D eigenvalue weighted by Crippen LogP contribution is -2.16. The van der Waals surface area contributed by atoms with Crippen LogP contribution in [0, 0.1) is 6.92 Å². The summed E-state index contributed by atoms with van der Waals surface area (Å²) >= 11 is 2.69. The lowest BCUT2D eigenvalue weighted by Gasteiger charge is -2.09. The molecule has 0 aliphatic rings. The number of carbonyl (C=O) groups excluding carboxylic acids is 2. The van der Waals surface area contributed by atoms with Crippen molar-refractivity contribution in [3.63, 3.8) is 0 Å². The van der Waals surface area contributed by atoms with Crippen molar-refractivity contribution in [3.05, 3.63) is 77.2 Å². The number of benzene rings is 2. The Labute approximate surface area is 194 Å². The molecule has 0 fully saturated rings. The van der Waals surface area contributed by atoms with Gasteiger partial charge in [-0.2, -0.15) is 0 Å². The predicted octanol–water partition coefficient (Wildman–Crippen LogP) is 6.18. The monoisotopic (exact) mass is 462 g/mol. The first-order chi connectivity index (χ1) is 15.6. The number of hydrogen-bond donors (Lipinski definition) is 1. The first-order valence-corrected chi connectivity index (χ1v) is 12.1. The van der Waals surface area contributed by atoms with Crippen LogP contribution in [0.4, 0.5) is 5.00 Å². The summed E-state index contributed by atoms with van der Waals surface area (Å²) in [4.78, 5) is 30.0. The summed E-state index contributed by atoms with van der Waals surface area (Å²) in [7, 11) is 0. The molecule has 1 N–H and O–H groups in total. The molecule has 2 aromatic heterocycles. The number of anilines is 1. The molecule has 0 aliphatic heterocycles. The maximum absolute atomic E-state index is 12.7. The van der Waals surface area contributed by atoms with Gasteiger partial charge in [0.05, 0.1) is 22.9 Å². The van der Waals surface area contributed by atoms with Gasteiger partial charge in [-0.15, -0.1) is 11.3 Å². The van der Waals surface area contributed by atoms with E-state index >= 15 is 0 Å². The van der Waals surface area contributed by atoms with Crippen LogP contribution in [0.2, 0.25) is 0 Å². The number of esters is 1. The van der Waals surface area contributed by atoms with Crippen LogP contribution in [-0.4, -0.2) is 29.2 Å². The van der Waals surface area contributed by atoms with E-state index in [1.165, 1.54) is 23.1 Å². The van der Waals surface area contributed by atoms with Gasteiger partial charge >= 0.3 is 5.97 Å². The van der Waals surface area contributed by atoms with Crippen LogP contribution in [0.15, 0.2) is 71.1 Å². The maximum atomic E-state index is 12.7. The number of pyridine rings is 1. The van der Waals surface area contributed by atoms with Gasteiger partial charge in [0.25, 0.3) is 0 Å². The Morgan fingerprint density at radius 1 is 1.09 bits per heavy atom. The van der Waals surface area contributed by atoms with E-state index in [9.17, 15) is 9.59 Å². The largest absolute Gasteiger partial charge is 0.462 e. The molecule has 1 amide bonds. The van der Waals surface area contributed by atoms with Crippen LogP contribution in [0.1, 0.15) is 22.8 Å². The van der Waals surface area contributed by atoms with Crippen molar-refractivity contribution in [2.75, 3.05) is 17.7 Å². The number of aromatic nitrogens is 1. The number of amides is 1. The van der Waals surface area contributed by atoms with Crippen molar-refractivity contribution < 1.29 is 14.3 Å². The number of hydrogen-bond acceptors (Lipinski definition) is 6. The van der Waals surface area contributed by atoms with Gasteiger partial charge in [-0.3, -0.25) is 4.79 Å². The van der Waals surface area contributed by atoms with Gasteiger partial charge in [0.2, 0.25) is 5.91 Å². The summed E-state index contributed by atoms with van der Waals surface area (Å²) in [5, 5.41) is 7.16. The third kappa shape index (κ3) is 4.84. The lowest BCUT2D eigenvalue weighted by molar-refractivity contribution is -0.113. The molecule has 7 heteroatoms. The normalized spacial score (nSPS) is 10.8. The molecule has 0 saturated carbocycles. The molecule has 2 heterocycles. The Kier molecular flexibility index (Phi) is 6.87. The van der Waals surface area contributed by atoms with E-state index in [4.69, 9.17) is 4.74 Å². The molecule has 0 atom stereocenters. The van der Waals surface area contributed by atoms with Gasteiger partial charge in [0.1, 0.15) is 10.6 Å². The zero-order valence-corrected chi connectivity index (χ0v) is 19.4. The molecule has 32 heavy (non-hydrogen) atoms. The van der Waals surface area contributed by atoms with E-state index in [1.807, 2.05) is 73.0 Å². The number of thioether (sulfide) groups is 1. The summed E-state index contributed by atoms with van der Waals surface area (Å²) < 4.78 is 5.26. The zero-order chi connectivity index (χ0) is 22.5. The molecule has 0 unspecified atom stereocenters. The zero-order valence-electron chi connectivity index (χ0n) is 17.8. The molecule has 0 bridgehead atoms. The van der Waals surface area contributed by atoms with Crippen molar-refractivity contribution in [2.24, 2.45) is 0 Å². The van der Waals surface area contributed by atoms with Crippen molar-refractivity contribution in [1.29, 1.82) is 0 Å². The number of fused-ring (bicyclic) bond motifs is 1. The van der Waals surface area contributed by atoms with E-state index in [2.05, 4.69) is 10.3 Å². The van der Waals surface area contributed by atoms with Gasteiger partial charge in [0, 0.05) is 16.3 Å². The van der Waals surface area contributed by atoms with E-state index in [1.54, 1.807) is 6.92 Å². The van der Waals surface area contributed by atoms with Crippen molar-refractivity contribution in [1.82, 2.24) is 4.98 Å². The number of aryl methyl sites for hydroxylation is 1. The quantitative estimate of drug-likeness (QED) is 0.262. The number of carbonyl (C=O) groups is 2. The Morgan fingerprint density at radius 3 is 2.62 bits per heavy atom. The topological polar surface area (TPSA) is 68.3 Å². The highest BCUT2D eigenvalue weighted by molar-refractivity contribution is 7.99. The fourth-order valence-corrected chi connectivity index (χ4v) is 5.13. The van der Waals surface area contributed by atoms with Crippen LogP contribution in [-0.2, 0) is 9.53 Å². The molecule has 0 radical (unpaired) electrons. The molecule has 0 aliphatic carbocycles. The first kappa shape index (κ1) is 22.0. The lowest BCUT2D eigenvalue weighted by atomic mass is 10.0. The minimum atomic E-state index is -0.442. The fourth-order valence-electron chi connectivity index (χ4n) is 3.38. The minimum absolute atomic E-state index is 0.186. The van der Waals surface area contributed by atoms with Crippen LogP contribution in [0.25, 0.3) is 22.0 Å². The Hall–Kier alpha value is -3.16. The number of ether oxygens (including phenoxy) is 1. The van der Waals surface area contributed by atoms with E-state index < -0.39 is 5.97 Å². The highest BCUT2D eigenvalue weighted by Crippen LogP contribution is 2.36. The van der Waals surface area contributed by atoms with Gasteiger partial charge in [0.15, 0.2) is 0 Å². The molecule has 162 valence electrons. The highest BCUT2D eigenvalue weighted by atomic mass is 32.2. The number of rotatable bonds is 7. The minimum Gasteiger partial charge on any atom is -0.462 e. The Morgan fingerprint density at radius 2 is 1.84 bits per heavy atom. The SMILES string of the molecule is CCOC(=O)c1c(-c2ccccc2)csc1NC(=O)CSc1cc(C)c2ccccc2n1. The van der Waals surface area contributed by atoms with Gasteiger partial charge in [-0.1, -0.05) is 60.3 Å². The van der Waals surface area contributed by atoms with Crippen molar-refractivity contribution in [2.45, 2.75) is 18.9 Å². The second-order valence-corrected chi connectivity index (χ2v) is 8.95. The number of thiophene rings is 1. The Bertz CT molecular complexity index is 1270. The van der Waals surface area contributed by atoms with Crippen LogP contribution < -0.4 is 5.32 Å². The van der Waals surface area contributed by atoms with Crippen molar-refractivity contribution >= 4 is 50.9 Å². The molecule has 0 saturated heterocycles. The van der Waals surface area contributed by atoms with E-state index in [0.717, 1.165) is 32.6 Å².